The maximum atomic E-state index is 13.0. The highest BCUT2D eigenvalue weighted by Gasteiger charge is 2.31. The third kappa shape index (κ3) is 3.56. The summed E-state index contributed by atoms with van der Waals surface area (Å²) in [7, 11) is 3.23. The van der Waals surface area contributed by atoms with E-state index in [0.717, 1.165) is 12.0 Å². The average molecular weight is 409 g/mol. The van der Waals surface area contributed by atoms with Crippen LogP contribution < -0.4 is 19.7 Å². The number of likely N-dealkylation sites (tertiary alicyclic amines) is 1. The number of hydrogen-bond donors (Lipinski definition) is 1. The zero-order valence-electron chi connectivity index (χ0n) is 16.9. The molecule has 2 aromatic carbocycles. The maximum Gasteiger partial charge on any atom is 0.329 e. The molecule has 156 valence electrons. The quantitative estimate of drug-likeness (QED) is 0.766. The van der Waals surface area contributed by atoms with Gasteiger partial charge in [0, 0.05) is 35.8 Å². The number of hydrogen-bond acceptors (Lipinski definition) is 5. The van der Waals surface area contributed by atoms with Crippen molar-refractivity contribution in [2.24, 2.45) is 0 Å². The third-order valence-corrected chi connectivity index (χ3v) is 5.57. The number of para-hydroxylation sites is 1. The Hall–Kier alpha value is -3.55. The summed E-state index contributed by atoms with van der Waals surface area (Å²) in [5, 5.41) is 2.24. The second-order valence-corrected chi connectivity index (χ2v) is 7.31. The number of carbonyl (C=O) groups excluding carboxylic acids is 3. The summed E-state index contributed by atoms with van der Waals surface area (Å²) in [5.74, 6) is 1.16. The molecule has 2 aliphatic heterocycles. The topological polar surface area (TPSA) is 88.2 Å². The number of anilines is 1. The Balaban J connectivity index is 1.47. The van der Waals surface area contributed by atoms with Gasteiger partial charge in [-0.2, -0.15) is 0 Å². The lowest BCUT2D eigenvalue weighted by Gasteiger charge is -2.19. The first-order valence-electron chi connectivity index (χ1n) is 9.73. The number of imide groups is 1. The van der Waals surface area contributed by atoms with Crippen LogP contribution in [-0.2, 0) is 4.79 Å². The van der Waals surface area contributed by atoms with Gasteiger partial charge in [0.2, 0.25) is 5.91 Å². The summed E-state index contributed by atoms with van der Waals surface area (Å²) in [5.41, 5.74) is 2.16. The molecule has 2 saturated heterocycles. The first-order valence-corrected chi connectivity index (χ1v) is 9.73. The van der Waals surface area contributed by atoms with Gasteiger partial charge in [0.1, 0.15) is 6.54 Å². The smallest absolute Gasteiger partial charge is 0.329 e. The zero-order valence-corrected chi connectivity index (χ0v) is 16.9. The van der Waals surface area contributed by atoms with Gasteiger partial charge in [-0.15, -0.1) is 0 Å². The predicted octanol–water partition coefficient (Wildman–Crippen LogP) is 2.39. The number of rotatable bonds is 5. The second-order valence-electron chi connectivity index (χ2n) is 7.31. The molecule has 1 N–H and O–H groups in total. The van der Waals surface area contributed by atoms with Crippen molar-refractivity contribution in [1.29, 1.82) is 0 Å². The number of nitrogens with zero attached hydrogens (tertiary/aromatic N) is 2. The highest BCUT2D eigenvalue weighted by molar-refractivity contribution is 6.12. The van der Waals surface area contributed by atoms with Gasteiger partial charge in [-0.3, -0.25) is 19.8 Å². The maximum absolute atomic E-state index is 13.0. The Bertz CT molecular complexity index is 989. The van der Waals surface area contributed by atoms with Gasteiger partial charge in [-0.25, -0.2) is 4.79 Å². The van der Waals surface area contributed by atoms with Crippen LogP contribution in [0.2, 0.25) is 0 Å². The lowest BCUT2D eigenvalue weighted by atomic mass is 9.97. The van der Waals surface area contributed by atoms with Crippen molar-refractivity contribution in [1.82, 2.24) is 10.2 Å². The van der Waals surface area contributed by atoms with Crippen LogP contribution in [0.15, 0.2) is 42.5 Å². The molecular weight excluding hydrogens is 386 g/mol. The van der Waals surface area contributed by atoms with E-state index in [-0.39, 0.29) is 24.3 Å². The van der Waals surface area contributed by atoms with Crippen LogP contribution in [0.4, 0.5) is 10.5 Å². The summed E-state index contributed by atoms with van der Waals surface area (Å²) in [6.07, 6.45) is 0.837. The SMILES string of the molecule is COc1cccc(C2CCN(C(=O)c3ccc(N4CC(=O)NC4=O)cc3)C2)c1OC. The molecule has 2 fully saturated rings. The van der Waals surface area contributed by atoms with E-state index in [9.17, 15) is 14.4 Å². The fourth-order valence-electron chi connectivity index (χ4n) is 4.05. The van der Waals surface area contributed by atoms with Gasteiger partial charge in [-0.05, 0) is 36.8 Å². The summed E-state index contributed by atoms with van der Waals surface area (Å²) in [6.45, 7) is 1.23. The monoisotopic (exact) mass is 409 g/mol. The number of carbonyl (C=O) groups is 3. The molecular formula is C22H23N3O5. The number of urea groups is 1. The van der Waals surface area contributed by atoms with Crippen molar-refractivity contribution in [2.75, 3.05) is 38.8 Å². The Morgan fingerprint density at radius 3 is 2.47 bits per heavy atom. The summed E-state index contributed by atoms with van der Waals surface area (Å²) < 4.78 is 10.9. The molecule has 2 aromatic rings. The molecule has 0 saturated carbocycles. The number of methoxy groups -OCH3 is 2. The Morgan fingerprint density at radius 2 is 1.83 bits per heavy atom. The minimum absolute atomic E-state index is 0.0116. The van der Waals surface area contributed by atoms with Crippen molar-refractivity contribution >= 4 is 23.5 Å². The predicted molar refractivity (Wildman–Crippen MR) is 110 cm³/mol. The highest BCUT2D eigenvalue weighted by Crippen LogP contribution is 2.39. The molecule has 0 radical (unpaired) electrons. The van der Waals surface area contributed by atoms with E-state index in [4.69, 9.17) is 9.47 Å². The number of benzene rings is 2. The van der Waals surface area contributed by atoms with E-state index in [2.05, 4.69) is 5.32 Å². The molecule has 2 heterocycles. The van der Waals surface area contributed by atoms with E-state index >= 15 is 0 Å². The molecule has 2 aliphatic rings. The molecule has 0 spiro atoms. The summed E-state index contributed by atoms with van der Waals surface area (Å²) >= 11 is 0. The van der Waals surface area contributed by atoms with E-state index in [1.54, 1.807) is 38.5 Å². The van der Waals surface area contributed by atoms with Gasteiger partial charge in [0.05, 0.1) is 14.2 Å². The van der Waals surface area contributed by atoms with Crippen LogP contribution >= 0.6 is 0 Å². The third-order valence-electron chi connectivity index (χ3n) is 5.57. The average Bonchev–Trinajstić information content (AvgIpc) is 3.39. The largest absolute Gasteiger partial charge is 0.493 e. The molecule has 0 bridgehead atoms. The fourth-order valence-corrected chi connectivity index (χ4v) is 4.05. The van der Waals surface area contributed by atoms with E-state index in [1.807, 2.05) is 23.1 Å². The van der Waals surface area contributed by atoms with Gasteiger partial charge >= 0.3 is 6.03 Å². The molecule has 30 heavy (non-hydrogen) atoms. The molecule has 0 aromatic heterocycles. The van der Waals surface area contributed by atoms with Gasteiger partial charge in [0.15, 0.2) is 11.5 Å². The minimum atomic E-state index is -0.450. The molecule has 4 amide bonds. The Morgan fingerprint density at radius 1 is 1.07 bits per heavy atom. The van der Waals surface area contributed by atoms with Crippen molar-refractivity contribution in [3.8, 4) is 11.5 Å². The van der Waals surface area contributed by atoms with Crippen molar-refractivity contribution < 1.29 is 23.9 Å². The second kappa shape index (κ2) is 8.06. The van der Waals surface area contributed by atoms with Crippen LogP contribution in [0.25, 0.3) is 0 Å². The number of amides is 4. The van der Waals surface area contributed by atoms with E-state index in [0.29, 0.717) is 35.8 Å². The molecule has 8 heteroatoms. The van der Waals surface area contributed by atoms with Crippen molar-refractivity contribution in [2.45, 2.75) is 12.3 Å². The molecule has 4 rings (SSSR count). The molecule has 0 aliphatic carbocycles. The summed E-state index contributed by atoms with van der Waals surface area (Å²) in [6, 6.07) is 12.1. The zero-order chi connectivity index (χ0) is 21.3. The van der Waals surface area contributed by atoms with Gasteiger partial charge < -0.3 is 14.4 Å². The molecule has 8 nitrogen and oxygen atoms in total. The first-order chi connectivity index (χ1) is 14.5. The van der Waals surface area contributed by atoms with Gasteiger partial charge in [-0.1, -0.05) is 12.1 Å². The lowest BCUT2D eigenvalue weighted by Crippen LogP contribution is -2.29. The van der Waals surface area contributed by atoms with Crippen LogP contribution in [0.3, 0.4) is 0 Å². The van der Waals surface area contributed by atoms with Gasteiger partial charge in [0.25, 0.3) is 5.91 Å². The fraction of sp³-hybridized carbons (Fsp3) is 0.318. The summed E-state index contributed by atoms with van der Waals surface area (Å²) in [4.78, 5) is 39.3. The van der Waals surface area contributed by atoms with Crippen molar-refractivity contribution in [3.05, 3.63) is 53.6 Å². The van der Waals surface area contributed by atoms with E-state index < -0.39 is 6.03 Å². The highest BCUT2D eigenvalue weighted by atomic mass is 16.5. The van der Waals surface area contributed by atoms with Crippen LogP contribution in [0, 0.1) is 0 Å². The van der Waals surface area contributed by atoms with Crippen LogP contribution in [-0.4, -0.2) is 56.6 Å². The number of ether oxygens (including phenoxy) is 2. The van der Waals surface area contributed by atoms with Crippen LogP contribution in [0.5, 0.6) is 11.5 Å². The Kier molecular flexibility index (Phi) is 5.31. The van der Waals surface area contributed by atoms with Crippen molar-refractivity contribution in [3.63, 3.8) is 0 Å². The standard InChI is InChI=1S/C22H23N3O5/c1-29-18-5-3-4-17(20(18)30-2)15-10-11-24(12-15)21(27)14-6-8-16(9-7-14)25-13-19(26)23-22(25)28/h3-9,15H,10-13H2,1-2H3,(H,23,26,28). The van der Waals surface area contributed by atoms with Crippen LogP contribution in [0.1, 0.15) is 28.3 Å². The molecule has 1 unspecified atom stereocenters. The molecule has 1 atom stereocenters. The normalized spacial score (nSPS) is 18.5. The lowest BCUT2D eigenvalue weighted by molar-refractivity contribution is -0.117. The minimum Gasteiger partial charge on any atom is -0.493 e. The van der Waals surface area contributed by atoms with E-state index in [1.165, 1.54) is 4.90 Å². The first kappa shape index (κ1) is 19.8. The number of nitrogens with one attached hydrogen (secondary N) is 1. The Labute approximate surface area is 174 Å².